The molecule has 2 amide bonds. The van der Waals surface area contributed by atoms with Gasteiger partial charge >= 0.3 is 0 Å². The molecule has 4 rings (SSSR count). The fourth-order valence-corrected chi connectivity index (χ4v) is 4.38. The van der Waals surface area contributed by atoms with E-state index in [0.29, 0.717) is 41.0 Å². The highest BCUT2D eigenvalue weighted by atomic mass is 32.1. The van der Waals surface area contributed by atoms with Crippen LogP contribution in [0.1, 0.15) is 40.5 Å². The summed E-state index contributed by atoms with van der Waals surface area (Å²) in [7, 11) is 1.58. The van der Waals surface area contributed by atoms with E-state index in [0.717, 1.165) is 5.69 Å². The molecular formula is C20H21FN6O2S. The number of aromatic nitrogens is 4. The first-order valence-electron chi connectivity index (χ1n) is 9.56. The maximum Gasteiger partial charge on any atom is 0.254 e. The second kappa shape index (κ2) is 7.94. The average Bonchev–Trinajstić information content (AvgIpc) is 3.32. The lowest BCUT2D eigenvalue weighted by molar-refractivity contribution is -0.120. The number of nitrogens with one attached hydrogen (secondary N) is 1. The number of hydrogen-bond donors (Lipinski definition) is 1. The van der Waals surface area contributed by atoms with Gasteiger partial charge in [-0.15, -0.1) is 0 Å². The lowest BCUT2D eigenvalue weighted by Crippen LogP contribution is -2.41. The number of aryl methyl sites for hydroxylation is 1. The molecule has 1 aliphatic heterocycles. The number of benzene rings is 1. The molecule has 3 heterocycles. The second-order valence-corrected chi connectivity index (χ2v) is 7.85. The van der Waals surface area contributed by atoms with Crippen LogP contribution in [0.3, 0.4) is 0 Å². The third-order valence-corrected chi connectivity index (χ3v) is 5.99. The zero-order valence-corrected chi connectivity index (χ0v) is 17.7. The van der Waals surface area contributed by atoms with Crippen LogP contribution in [0.5, 0.6) is 0 Å². The molecule has 8 nitrogen and oxygen atoms in total. The minimum absolute atomic E-state index is 0.104. The minimum atomic E-state index is -0.388. The Morgan fingerprint density at radius 3 is 2.60 bits per heavy atom. The summed E-state index contributed by atoms with van der Waals surface area (Å²) in [5.41, 5.74) is 1.84. The molecule has 1 aromatic carbocycles. The molecule has 10 heteroatoms. The predicted octanol–water partition coefficient (Wildman–Crippen LogP) is 2.35. The molecule has 0 bridgehead atoms. The number of hydrogen-bond acceptors (Lipinski definition) is 6. The van der Waals surface area contributed by atoms with Gasteiger partial charge in [0, 0.05) is 25.7 Å². The molecule has 30 heavy (non-hydrogen) atoms. The number of carbonyl (C=O) groups is 2. The first kappa shape index (κ1) is 20.1. The Morgan fingerprint density at radius 1 is 1.23 bits per heavy atom. The Labute approximate surface area is 176 Å². The van der Waals surface area contributed by atoms with Crippen LogP contribution in [-0.2, 0) is 17.8 Å². The maximum absolute atomic E-state index is 13.3. The molecule has 0 spiro atoms. The molecule has 156 valence electrons. The second-order valence-electron chi connectivity index (χ2n) is 7.10. The van der Waals surface area contributed by atoms with Gasteiger partial charge in [0.15, 0.2) is 10.8 Å². The molecule has 1 unspecified atom stereocenters. The van der Waals surface area contributed by atoms with Gasteiger partial charge in [0.2, 0.25) is 5.91 Å². The van der Waals surface area contributed by atoms with Crippen LogP contribution in [0, 0.1) is 12.7 Å². The summed E-state index contributed by atoms with van der Waals surface area (Å²) >= 11 is 1.26. The normalized spacial score (nSPS) is 15.7. The van der Waals surface area contributed by atoms with Crippen LogP contribution < -0.4 is 5.32 Å². The van der Waals surface area contributed by atoms with Gasteiger partial charge in [0.05, 0.1) is 23.9 Å². The summed E-state index contributed by atoms with van der Waals surface area (Å²) in [4.78, 5) is 36.1. The molecule has 0 saturated carbocycles. The molecule has 3 aromatic rings. The van der Waals surface area contributed by atoms with Crippen molar-refractivity contribution in [2.75, 3.05) is 13.6 Å². The van der Waals surface area contributed by atoms with Gasteiger partial charge in [-0.1, -0.05) is 0 Å². The zero-order chi connectivity index (χ0) is 21.4. The van der Waals surface area contributed by atoms with Gasteiger partial charge in [-0.25, -0.2) is 14.4 Å². The smallest absolute Gasteiger partial charge is 0.254 e. The monoisotopic (exact) mass is 428 g/mol. The Hall–Kier alpha value is -3.14. The van der Waals surface area contributed by atoms with Crippen LogP contribution in [-0.4, -0.2) is 49.2 Å². The van der Waals surface area contributed by atoms with Crippen molar-refractivity contribution in [2.45, 2.75) is 32.9 Å². The molecule has 0 aliphatic carbocycles. The molecule has 1 atom stereocenters. The summed E-state index contributed by atoms with van der Waals surface area (Å²) in [6.07, 6.45) is 0.104. The van der Waals surface area contributed by atoms with E-state index in [1.807, 2.05) is 18.4 Å². The predicted molar refractivity (Wildman–Crippen MR) is 109 cm³/mol. The summed E-state index contributed by atoms with van der Waals surface area (Å²) in [5.74, 6) is 0.591. The zero-order valence-electron chi connectivity index (χ0n) is 16.8. The topological polar surface area (TPSA) is 93.0 Å². The van der Waals surface area contributed by atoms with Gasteiger partial charge in [-0.3, -0.25) is 9.59 Å². The molecular weight excluding hydrogens is 407 g/mol. The number of halogens is 1. The largest absolute Gasteiger partial charge is 0.359 e. The highest BCUT2D eigenvalue weighted by molar-refractivity contribution is 7.09. The summed E-state index contributed by atoms with van der Waals surface area (Å²) < 4.78 is 19.5. The highest BCUT2D eigenvalue weighted by Gasteiger charge is 2.34. The van der Waals surface area contributed by atoms with Crippen molar-refractivity contribution in [1.29, 1.82) is 0 Å². The van der Waals surface area contributed by atoms with E-state index in [1.165, 1.54) is 35.8 Å². The molecule has 0 fully saturated rings. The van der Waals surface area contributed by atoms with E-state index < -0.39 is 0 Å². The van der Waals surface area contributed by atoms with Crippen LogP contribution in [0.15, 0.2) is 24.3 Å². The Balaban J connectivity index is 1.74. The summed E-state index contributed by atoms with van der Waals surface area (Å²) in [5, 5.41) is 3.31. The van der Waals surface area contributed by atoms with Crippen LogP contribution in [0.4, 0.5) is 4.39 Å². The van der Waals surface area contributed by atoms with Gasteiger partial charge in [0.1, 0.15) is 11.6 Å². The van der Waals surface area contributed by atoms with Crippen molar-refractivity contribution < 1.29 is 14.0 Å². The van der Waals surface area contributed by atoms with Crippen molar-refractivity contribution >= 4 is 23.3 Å². The van der Waals surface area contributed by atoms with Crippen molar-refractivity contribution in [3.8, 4) is 10.8 Å². The first-order valence-corrected chi connectivity index (χ1v) is 10.3. The van der Waals surface area contributed by atoms with Crippen LogP contribution in [0.25, 0.3) is 10.8 Å². The molecule has 0 radical (unpaired) electrons. The Morgan fingerprint density at radius 2 is 1.97 bits per heavy atom. The number of amides is 2. The van der Waals surface area contributed by atoms with E-state index >= 15 is 0 Å². The standard InChI is InChI=1S/C20H21FN6O2S/c1-11-17-15(10-16(28)22-3)24-18(19-23-12(2)25-30-19)27(17)9-8-26(11)20(29)13-4-6-14(21)7-5-13/h4-7,11H,8-10H2,1-3H3,(H,22,28). The molecule has 1 N–H and O–H groups in total. The summed E-state index contributed by atoms with van der Waals surface area (Å²) in [6, 6.07) is 5.21. The van der Waals surface area contributed by atoms with E-state index in [2.05, 4.69) is 14.7 Å². The molecule has 1 aliphatic rings. The lowest BCUT2D eigenvalue weighted by atomic mass is 10.0. The third-order valence-electron chi connectivity index (χ3n) is 5.19. The SMILES string of the molecule is CNC(=O)Cc1nc(-c2nc(C)ns2)n2c1C(C)N(C(=O)c1ccc(F)cc1)CC2. The van der Waals surface area contributed by atoms with E-state index in [9.17, 15) is 14.0 Å². The fourth-order valence-electron chi connectivity index (χ4n) is 3.71. The number of rotatable bonds is 4. The lowest BCUT2D eigenvalue weighted by Gasteiger charge is -2.35. The number of fused-ring (bicyclic) bond motifs is 1. The number of imidazole rings is 1. The Bertz CT molecular complexity index is 1110. The van der Waals surface area contributed by atoms with Crippen LogP contribution >= 0.6 is 11.5 Å². The average molecular weight is 428 g/mol. The van der Waals surface area contributed by atoms with E-state index in [4.69, 9.17) is 4.98 Å². The number of likely N-dealkylation sites (N-methyl/N-ethyl adjacent to an activating group) is 1. The van der Waals surface area contributed by atoms with Gasteiger partial charge in [-0.2, -0.15) is 4.37 Å². The number of carbonyl (C=O) groups excluding carboxylic acids is 2. The summed E-state index contributed by atoms with van der Waals surface area (Å²) in [6.45, 7) is 4.71. The quantitative estimate of drug-likeness (QED) is 0.689. The van der Waals surface area contributed by atoms with Crippen LogP contribution in [0.2, 0.25) is 0 Å². The van der Waals surface area contributed by atoms with Crippen molar-refractivity contribution in [1.82, 2.24) is 29.1 Å². The van der Waals surface area contributed by atoms with Gasteiger partial charge < -0.3 is 14.8 Å². The first-order chi connectivity index (χ1) is 14.4. The van der Waals surface area contributed by atoms with E-state index in [1.54, 1.807) is 11.9 Å². The maximum atomic E-state index is 13.3. The minimum Gasteiger partial charge on any atom is -0.359 e. The third kappa shape index (κ3) is 3.58. The highest BCUT2D eigenvalue weighted by Crippen LogP contribution is 2.34. The van der Waals surface area contributed by atoms with Gasteiger partial charge in [0.25, 0.3) is 5.91 Å². The Kier molecular flexibility index (Phi) is 5.33. The molecule has 0 saturated heterocycles. The van der Waals surface area contributed by atoms with Gasteiger partial charge in [-0.05, 0) is 49.6 Å². The molecule has 2 aromatic heterocycles. The van der Waals surface area contributed by atoms with Crippen molar-refractivity contribution in [3.63, 3.8) is 0 Å². The van der Waals surface area contributed by atoms with E-state index in [-0.39, 0.29) is 30.1 Å². The fraction of sp³-hybridized carbons (Fsp3) is 0.350. The number of nitrogens with zero attached hydrogens (tertiary/aromatic N) is 5. The van der Waals surface area contributed by atoms with Crippen molar-refractivity contribution in [3.05, 3.63) is 52.9 Å². The van der Waals surface area contributed by atoms with Crippen molar-refractivity contribution in [2.24, 2.45) is 0 Å².